The van der Waals surface area contributed by atoms with Crippen LogP contribution in [0, 0.1) is 17.3 Å². The van der Waals surface area contributed by atoms with E-state index in [1.165, 1.54) is 24.8 Å². The van der Waals surface area contributed by atoms with Gasteiger partial charge in [0.2, 0.25) is 0 Å². The van der Waals surface area contributed by atoms with Gasteiger partial charge in [-0.05, 0) is 67.4 Å². The Morgan fingerprint density at radius 1 is 1.08 bits per heavy atom. The van der Waals surface area contributed by atoms with Crippen molar-refractivity contribution in [1.82, 2.24) is 0 Å². The number of benzene rings is 1. The van der Waals surface area contributed by atoms with E-state index in [1.807, 2.05) is 12.1 Å². The number of hydrogen-bond acceptors (Lipinski definition) is 4. The standard InChI is InChI=1S/C21H28O4/c22-21-10-16-6-17(11-21)9-20(8-16,13-21)14-23-12-15-2-1-3-18(7-15)19-24-4-5-25-19/h1-3,7,16-17,19,22H,4-6,8-14H2. The topological polar surface area (TPSA) is 47.9 Å². The molecule has 1 aromatic carbocycles. The maximum atomic E-state index is 10.9. The largest absolute Gasteiger partial charge is 0.390 e. The van der Waals surface area contributed by atoms with Gasteiger partial charge in [-0.25, -0.2) is 0 Å². The van der Waals surface area contributed by atoms with Crippen LogP contribution < -0.4 is 0 Å². The van der Waals surface area contributed by atoms with E-state index in [-0.39, 0.29) is 11.7 Å². The molecule has 1 N–H and O–H groups in total. The van der Waals surface area contributed by atoms with Crippen LogP contribution in [0.25, 0.3) is 0 Å². The van der Waals surface area contributed by atoms with Crippen LogP contribution in [0.2, 0.25) is 0 Å². The number of rotatable bonds is 5. The molecule has 4 nitrogen and oxygen atoms in total. The molecule has 0 aromatic heterocycles. The zero-order chi connectivity index (χ0) is 16.9. The van der Waals surface area contributed by atoms with Crippen LogP contribution in [0.4, 0.5) is 0 Å². The molecule has 5 fully saturated rings. The van der Waals surface area contributed by atoms with E-state index in [0.29, 0.717) is 19.8 Å². The van der Waals surface area contributed by atoms with Gasteiger partial charge in [-0.3, -0.25) is 0 Å². The van der Waals surface area contributed by atoms with Crippen molar-refractivity contribution in [2.24, 2.45) is 17.3 Å². The fourth-order valence-corrected chi connectivity index (χ4v) is 6.34. The summed E-state index contributed by atoms with van der Waals surface area (Å²) in [6.07, 6.45) is 6.58. The third-order valence-electron chi connectivity index (χ3n) is 6.67. The Hall–Kier alpha value is -0.940. The first-order valence-electron chi connectivity index (χ1n) is 9.74. The molecule has 2 atom stereocenters. The first kappa shape index (κ1) is 16.2. The van der Waals surface area contributed by atoms with Gasteiger partial charge in [0.1, 0.15) is 0 Å². The van der Waals surface area contributed by atoms with Crippen molar-refractivity contribution in [3.8, 4) is 0 Å². The Kier molecular flexibility index (Phi) is 3.93. The van der Waals surface area contributed by atoms with Gasteiger partial charge in [0.05, 0.1) is 32.0 Å². The molecule has 25 heavy (non-hydrogen) atoms. The second-order valence-corrected chi connectivity index (χ2v) is 9.00. The molecular weight excluding hydrogens is 316 g/mol. The Balaban J connectivity index is 1.22. The molecule has 0 spiro atoms. The van der Waals surface area contributed by atoms with E-state index in [1.54, 1.807) is 0 Å². The van der Waals surface area contributed by atoms with E-state index < -0.39 is 5.60 Å². The highest BCUT2D eigenvalue weighted by Crippen LogP contribution is 2.61. The summed E-state index contributed by atoms with van der Waals surface area (Å²) < 4.78 is 17.3. The van der Waals surface area contributed by atoms with E-state index in [0.717, 1.165) is 43.3 Å². The summed E-state index contributed by atoms with van der Waals surface area (Å²) in [7, 11) is 0. The van der Waals surface area contributed by atoms with Crippen LogP contribution >= 0.6 is 0 Å². The van der Waals surface area contributed by atoms with E-state index >= 15 is 0 Å². The van der Waals surface area contributed by atoms with Crippen molar-refractivity contribution < 1.29 is 19.3 Å². The quantitative estimate of drug-likeness (QED) is 0.887. The maximum Gasteiger partial charge on any atom is 0.184 e. The first-order valence-corrected chi connectivity index (χ1v) is 9.74. The van der Waals surface area contributed by atoms with Gasteiger partial charge in [0, 0.05) is 5.56 Å². The second-order valence-electron chi connectivity index (χ2n) is 9.00. The van der Waals surface area contributed by atoms with Gasteiger partial charge < -0.3 is 19.3 Å². The molecule has 4 aliphatic carbocycles. The van der Waals surface area contributed by atoms with Gasteiger partial charge >= 0.3 is 0 Å². The zero-order valence-corrected chi connectivity index (χ0v) is 14.8. The van der Waals surface area contributed by atoms with Crippen molar-refractivity contribution >= 4 is 0 Å². The number of hydrogen-bond donors (Lipinski definition) is 1. The molecule has 4 heteroatoms. The number of aliphatic hydroxyl groups is 1. The van der Waals surface area contributed by atoms with Gasteiger partial charge in [0.15, 0.2) is 6.29 Å². The highest BCUT2D eigenvalue weighted by Gasteiger charge is 2.57. The predicted molar refractivity (Wildman–Crippen MR) is 92.8 cm³/mol. The molecule has 1 heterocycles. The van der Waals surface area contributed by atoms with Crippen LogP contribution in [-0.4, -0.2) is 30.5 Å². The molecule has 0 radical (unpaired) electrons. The fraction of sp³-hybridized carbons (Fsp3) is 0.714. The van der Waals surface area contributed by atoms with Crippen LogP contribution in [0.3, 0.4) is 0 Å². The fourth-order valence-electron chi connectivity index (χ4n) is 6.34. The molecule has 4 saturated carbocycles. The molecule has 2 unspecified atom stereocenters. The lowest BCUT2D eigenvalue weighted by molar-refractivity contribution is -0.182. The average molecular weight is 344 g/mol. The third-order valence-corrected chi connectivity index (χ3v) is 6.67. The molecule has 4 bridgehead atoms. The third kappa shape index (κ3) is 3.14. The molecule has 136 valence electrons. The molecule has 6 rings (SSSR count). The van der Waals surface area contributed by atoms with Crippen LogP contribution in [-0.2, 0) is 20.8 Å². The van der Waals surface area contributed by atoms with Crippen molar-refractivity contribution in [1.29, 1.82) is 0 Å². The van der Waals surface area contributed by atoms with Crippen LogP contribution in [0.1, 0.15) is 55.9 Å². The molecular formula is C21H28O4. The molecule has 0 amide bonds. The first-order chi connectivity index (χ1) is 12.1. The van der Waals surface area contributed by atoms with Crippen molar-refractivity contribution in [3.05, 3.63) is 35.4 Å². The van der Waals surface area contributed by atoms with Gasteiger partial charge in [-0.1, -0.05) is 18.2 Å². The molecule has 1 aliphatic heterocycles. The normalized spacial score (nSPS) is 40.0. The summed E-state index contributed by atoms with van der Waals surface area (Å²) in [5, 5.41) is 10.9. The van der Waals surface area contributed by atoms with E-state index in [4.69, 9.17) is 14.2 Å². The number of ether oxygens (including phenoxy) is 3. The highest BCUT2D eigenvalue weighted by molar-refractivity contribution is 5.24. The summed E-state index contributed by atoms with van der Waals surface area (Å²) in [5.74, 6) is 1.43. The Labute approximate surface area is 149 Å². The summed E-state index contributed by atoms with van der Waals surface area (Å²) >= 11 is 0. The summed E-state index contributed by atoms with van der Waals surface area (Å²) in [6.45, 7) is 2.73. The SMILES string of the molecule is OC12CC3CC(C1)CC(COCc1cccc(C4OCCO4)c1)(C3)C2. The Morgan fingerprint density at radius 3 is 2.56 bits per heavy atom. The Bertz CT molecular complexity index is 623. The summed E-state index contributed by atoms with van der Waals surface area (Å²) in [5.41, 5.74) is 2.06. The lowest BCUT2D eigenvalue weighted by Gasteiger charge is -2.60. The van der Waals surface area contributed by atoms with E-state index in [2.05, 4.69) is 12.1 Å². The van der Waals surface area contributed by atoms with Crippen LogP contribution in [0.15, 0.2) is 24.3 Å². The second kappa shape index (κ2) is 6.05. The highest BCUT2D eigenvalue weighted by atomic mass is 16.7. The maximum absolute atomic E-state index is 10.9. The zero-order valence-electron chi connectivity index (χ0n) is 14.8. The minimum Gasteiger partial charge on any atom is -0.390 e. The van der Waals surface area contributed by atoms with Crippen LogP contribution in [0.5, 0.6) is 0 Å². The van der Waals surface area contributed by atoms with Gasteiger partial charge in [0.25, 0.3) is 0 Å². The predicted octanol–water partition coefficient (Wildman–Crippen LogP) is 3.58. The van der Waals surface area contributed by atoms with Crippen molar-refractivity contribution in [2.45, 2.75) is 57.0 Å². The lowest BCUT2D eigenvalue weighted by atomic mass is 9.48. The van der Waals surface area contributed by atoms with Gasteiger partial charge in [-0.15, -0.1) is 0 Å². The molecule has 1 saturated heterocycles. The summed E-state index contributed by atoms with van der Waals surface area (Å²) in [4.78, 5) is 0. The lowest BCUT2D eigenvalue weighted by Crippen LogP contribution is -2.56. The minimum absolute atomic E-state index is 0.216. The van der Waals surface area contributed by atoms with Crippen molar-refractivity contribution in [2.75, 3.05) is 19.8 Å². The van der Waals surface area contributed by atoms with Crippen molar-refractivity contribution in [3.63, 3.8) is 0 Å². The average Bonchev–Trinajstić information content (AvgIpc) is 3.07. The van der Waals surface area contributed by atoms with E-state index in [9.17, 15) is 5.11 Å². The monoisotopic (exact) mass is 344 g/mol. The molecule has 1 aromatic rings. The van der Waals surface area contributed by atoms with Gasteiger partial charge in [-0.2, -0.15) is 0 Å². The summed E-state index contributed by atoms with van der Waals surface area (Å²) in [6, 6.07) is 8.33. The molecule has 5 aliphatic rings. The Morgan fingerprint density at radius 2 is 1.84 bits per heavy atom. The smallest absolute Gasteiger partial charge is 0.184 e. The minimum atomic E-state index is -0.398.